The number of imidazole rings is 1. The monoisotopic (exact) mass is 234 g/mol. The van der Waals surface area contributed by atoms with E-state index in [1.807, 2.05) is 18.2 Å². The second kappa shape index (κ2) is 4.84. The summed E-state index contributed by atoms with van der Waals surface area (Å²) in [7, 11) is 0. The highest BCUT2D eigenvalue weighted by molar-refractivity contribution is 5.77. The molecule has 5 N–H and O–H groups in total. The molecule has 0 saturated carbocycles. The van der Waals surface area contributed by atoms with E-state index in [4.69, 9.17) is 5.73 Å². The Hall–Kier alpha value is -2.08. The first kappa shape index (κ1) is 11.4. The van der Waals surface area contributed by atoms with Crippen LogP contribution in [0.15, 0.2) is 23.0 Å². The third kappa shape index (κ3) is 2.73. The minimum atomic E-state index is -0.214. The van der Waals surface area contributed by atoms with E-state index >= 15 is 0 Å². The maximum Gasteiger partial charge on any atom is 0.323 e. The fourth-order valence-corrected chi connectivity index (χ4v) is 1.65. The van der Waals surface area contributed by atoms with E-state index in [0.717, 1.165) is 16.6 Å². The first-order chi connectivity index (χ1) is 8.19. The van der Waals surface area contributed by atoms with E-state index in [1.165, 1.54) is 0 Å². The number of nitrogens with one attached hydrogen (secondary N) is 3. The lowest BCUT2D eigenvalue weighted by Crippen LogP contribution is -2.31. The molecule has 1 aromatic carbocycles. The molecule has 1 aromatic heterocycles. The van der Waals surface area contributed by atoms with E-state index < -0.39 is 0 Å². The zero-order valence-electron chi connectivity index (χ0n) is 9.25. The molecule has 90 valence electrons. The highest BCUT2D eigenvalue weighted by Crippen LogP contribution is 2.10. The molecule has 2 rings (SSSR count). The van der Waals surface area contributed by atoms with Gasteiger partial charge in [-0.1, -0.05) is 6.07 Å². The van der Waals surface area contributed by atoms with Crippen molar-refractivity contribution in [1.29, 1.82) is 0 Å². The average molecular weight is 234 g/mol. The molecule has 0 aliphatic heterocycles. The van der Waals surface area contributed by atoms with Crippen LogP contribution in [0.5, 0.6) is 0 Å². The summed E-state index contributed by atoms with van der Waals surface area (Å²) in [5, 5.41) is 2.69. The highest BCUT2D eigenvalue weighted by atomic mass is 16.2. The third-order valence-electron chi connectivity index (χ3n) is 2.50. The van der Waals surface area contributed by atoms with Crippen molar-refractivity contribution in [1.82, 2.24) is 15.3 Å². The van der Waals surface area contributed by atoms with Gasteiger partial charge in [-0.15, -0.1) is 0 Å². The number of carbonyl (C=O) groups is 1. The Morgan fingerprint density at radius 3 is 2.82 bits per heavy atom. The van der Waals surface area contributed by atoms with Crippen LogP contribution in [-0.2, 0) is 11.2 Å². The van der Waals surface area contributed by atoms with E-state index in [9.17, 15) is 9.59 Å². The van der Waals surface area contributed by atoms with Crippen LogP contribution in [-0.4, -0.2) is 29.0 Å². The number of aromatic amines is 2. The minimum absolute atomic E-state index is 0.00413. The molecule has 0 aliphatic carbocycles. The van der Waals surface area contributed by atoms with Gasteiger partial charge in [0.2, 0.25) is 5.91 Å². The third-order valence-corrected chi connectivity index (χ3v) is 2.50. The average Bonchev–Trinajstić information content (AvgIpc) is 2.68. The quantitative estimate of drug-likeness (QED) is 0.572. The molecular weight excluding hydrogens is 220 g/mol. The van der Waals surface area contributed by atoms with Gasteiger partial charge in [0.15, 0.2) is 0 Å². The van der Waals surface area contributed by atoms with Gasteiger partial charge >= 0.3 is 5.69 Å². The van der Waals surface area contributed by atoms with E-state index in [2.05, 4.69) is 15.3 Å². The Balaban J connectivity index is 2.04. The lowest BCUT2D eigenvalue weighted by atomic mass is 10.1. The summed E-state index contributed by atoms with van der Waals surface area (Å²) in [6.45, 7) is 0.542. The molecule has 1 heterocycles. The number of hydrogen-bond acceptors (Lipinski definition) is 3. The summed E-state index contributed by atoms with van der Waals surface area (Å²) in [5.41, 5.74) is 7.56. The van der Waals surface area contributed by atoms with Crippen LogP contribution in [0.4, 0.5) is 0 Å². The fraction of sp³-hybridized carbons (Fsp3) is 0.273. The van der Waals surface area contributed by atoms with Crippen LogP contribution in [0.2, 0.25) is 0 Å². The van der Waals surface area contributed by atoms with Crippen LogP contribution in [0, 0.1) is 0 Å². The van der Waals surface area contributed by atoms with Crippen molar-refractivity contribution in [2.45, 2.75) is 6.42 Å². The molecule has 0 fully saturated rings. The summed E-state index contributed by atoms with van der Waals surface area (Å²) in [4.78, 5) is 27.4. The lowest BCUT2D eigenvalue weighted by Gasteiger charge is -2.03. The number of benzene rings is 1. The van der Waals surface area contributed by atoms with Crippen molar-refractivity contribution in [2.75, 3.05) is 13.1 Å². The number of H-pyrrole nitrogens is 2. The van der Waals surface area contributed by atoms with Gasteiger partial charge < -0.3 is 21.0 Å². The van der Waals surface area contributed by atoms with Gasteiger partial charge in [0, 0.05) is 6.54 Å². The van der Waals surface area contributed by atoms with Gasteiger partial charge in [0.05, 0.1) is 17.6 Å². The zero-order chi connectivity index (χ0) is 12.3. The van der Waals surface area contributed by atoms with Crippen LogP contribution in [0.1, 0.15) is 5.56 Å². The van der Waals surface area contributed by atoms with Gasteiger partial charge in [-0.3, -0.25) is 4.79 Å². The molecular formula is C11H14N4O2. The smallest absolute Gasteiger partial charge is 0.323 e. The van der Waals surface area contributed by atoms with Crippen LogP contribution >= 0.6 is 0 Å². The van der Waals surface area contributed by atoms with E-state index in [1.54, 1.807) is 0 Å². The first-order valence-corrected chi connectivity index (χ1v) is 5.37. The van der Waals surface area contributed by atoms with Crippen LogP contribution in [0.3, 0.4) is 0 Å². The van der Waals surface area contributed by atoms with Crippen molar-refractivity contribution in [3.05, 3.63) is 34.2 Å². The first-order valence-electron chi connectivity index (χ1n) is 5.37. The molecule has 0 unspecified atom stereocenters. The molecule has 17 heavy (non-hydrogen) atoms. The molecule has 1 amide bonds. The normalized spacial score (nSPS) is 10.6. The predicted octanol–water partition coefficient (Wildman–Crippen LogP) is -0.526. The Morgan fingerprint density at radius 1 is 1.29 bits per heavy atom. The topological polar surface area (TPSA) is 104 Å². The number of rotatable bonds is 4. The Morgan fingerprint density at radius 2 is 2.06 bits per heavy atom. The maximum absolute atomic E-state index is 11.1. The molecule has 0 saturated heterocycles. The number of amides is 1. The largest absolute Gasteiger partial charge is 0.355 e. The number of hydrogen-bond donors (Lipinski definition) is 4. The van der Waals surface area contributed by atoms with Gasteiger partial charge in [-0.05, 0) is 24.1 Å². The van der Waals surface area contributed by atoms with Gasteiger partial charge in [-0.25, -0.2) is 4.79 Å². The fourth-order valence-electron chi connectivity index (χ4n) is 1.65. The lowest BCUT2D eigenvalue weighted by molar-refractivity contribution is -0.119. The van der Waals surface area contributed by atoms with E-state index in [-0.39, 0.29) is 18.1 Å². The summed E-state index contributed by atoms with van der Waals surface area (Å²) in [6.07, 6.45) is 0.703. The molecule has 6 nitrogen and oxygen atoms in total. The second-order valence-corrected chi connectivity index (χ2v) is 3.76. The van der Waals surface area contributed by atoms with Crippen molar-refractivity contribution in [2.24, 2.45) is 5.73 Å². The van der Waals surface area contributed by atoms with Gasteiger partial charge in [-0.2, -0.15) is 0 Å². The highest BCUT2D eigenvalue weighted by Gasteiger charge is 2.01. The Kier molecular flexibility index (Phi) is 3.24. The molecule has 0 radical (unpaired) electrons. The Labute approximate surface area is 97.2 Å². The predicted molar refractivity (Wildman–Crippen MR) is 64.7 cm³/mol. The zero-order valence-corrected chi connectivity index (χ0v) is 9.25. The molecule has 0 bridgehead atoms. The number of aromatic nitrogens is 2. The van der Waals surface area contributed by atoms with Crippen molar-refractivity contribution in [3.63, 3.8) is 0 Å². The molecule has 2 aromatic rings. The number of carbonyl (C=O) groups excluding carboxylic acids is 1. The molecule has 0 spiro atoms. The van der Waals surface area contributed by atoms with Crippen LogP contribution in [0.25, 0.3) is 11.0 Å². The summed E-state index contributed by atoms with van der Waals surface area (Å²) in [6, 6.07) is 5.65. The molecule has 0 atom stereocenters. The SMILES string of the molecule is NCC(=O)NCCc1ccc2[nH]c(=O)[nH]c2c1. The molecule has 6 heteroatoms. The minimum Gasteiger partial charge on any atom is -0.355 e. The van der Waals surface area contributed by atoms with Gasteiger partial charge in [0.1, 0.15) is 0 Å². The second-order valence-electron chi connectivity index (χ2n) is 3.76. The summed E-state index contributed by atoms with van der Waals surface area (Å²) >= 11 is 0. The Bertz CT molecular complexity index is 584. The number of fused-ring (bicyclic) bond motifs is 1. The standard InChI is InChI=1S/C11H14N4O2/c12-6-10(16)13-4-3-7-1-2-8-9(5-7)15-11(17)14-8/h1-2,5H,3-4,6,12H2,(H,13,16)(H2,14,15,17). The van der Waals surface area contributed by atoms with Crippen molar-refractivity contribution < 1.29 is 4.79 Å². The van der Waals surface area contributed by atoms with Gasteiger partial charge in [0.25, 0.3) is 0 Å². The van der Waals surface area contributed by atoms with E-state index in [0.29, 0.717) is 13.0 Å². The molecule has 0 aliphatic rings. The number of nitrogens with two attached hydrogens (primary N) is 1. The van der Waals surface area contributed by atoms with Crippen molar-refractivity contribution in [3.8, 4) is 0 Å². The summed E-state index contributed by atoms with van der Waals surface area (Å²) in [5.74, 6) is -0.166. The van der Waals surface area contributed by atoms with Crippen molar-refractivity contribution >= 4 is 16.9 Å². The maximum atomic E-state index is 11.1. The summed E-state index contributed by atoms with van der Waals surface area (Å²) < 4.78 is 0. The van der Waals surface area contributed by atoms with Crippen LogP contribution < -0.4 is 16.7 Å².